The SMILES string of the molecule is c1ccc(-c2nc(-n3c4ccccc4c4c(-c5ccc6c(c5)c5ccccc5n6-c5ccccc5)cccc43)nc(-n3c4ccccc4c4c(-c5ccc6c(c5)c5ccccc5n6-c5ccccc5)cccc43)n2)cc1. The van der Waals surface area contributed by atoms with E-state index in [4.69, 9.17) is 15.0 Å². The molecular formula is C69H43N7. The summed E-state index contributed by atoms with van der Waals surface area (Å²) in [6.45, 7) is 0. The van der Waals surface area contributed by atoms with Crippen LogP contribution in [0, 0.1) is 0 Å². The summed E-state index contributed by atoms with van der Waals surface area (Å²) < 4.78 is 9.19. The quantitative estimate of drug-likeness (QED) is 0.160. The van der Waals surface area contributed by atoms with Crippen molar-refractivity contribution in [2.75, 3.05) is 0 Å². The van der Waals surface area contributed by atoms with Crippen LogP contribution in [0.3, 0.4) is 0 Å². The molecule has 0 unspecified atom stereocenters. The zero-order valence-electron chi connectivity index (χ0n) is 41.0. The lowest BCUT2D eigenvalue weighted by atomic mass is 9.98. The van der Waals surface area contributed by atoms with Crippen LogP contribution in [0.4, 0.5) is 0 Å². The smallest absolute Gasteiger partial charge is 0.240 e. The third-order valence-corrected chi connectivity index (χ3v) is 15.4. The number of fused-ring (bicyclic) bond motifs is 12. The summed E-state index contributed by atoms with van der Waals surface area (Å²) in [4.78, 5) is 16.3. The standard InChI is InChI=1S/C69H43N7/c1-4-20-44(21-5-1)67-70-68(75-59-34-16-12-28-53(59)65-49(30-18-36-63(65)75)45-38-40-61-55(42-45)51-26-10-14-32-57(51)73(61)47-22-6-2-7-23-47)72-69(71-67)76-60-35-17-13-29-54(60)66-50(31-19-37-64(66)76)46-39-41-62-56(43-46)52-27-11-15-33-58(52)74(62)48-24-8-3-9-25-48/h1-43H. The Morgan fingerprint density at radius 3 is 1.03 bits per heavy atom. The van der Waals surface area contributed by atoms with Crippen molar-refractivity contribution in [3.05, 3.63) is 261 Å². The summed E-state index contributed by atoms with van der Waals surface area (Å²) in [7, 11) is 0. The van der Waals surface area contributed by atoms with Crippen LogP contribution in [0.25, 0.3) is 144 Å². The Hall–Kier alpha value is -10.4. The lowest BCUT2D eigenvalue weighted by Crippen LogP contribution is -2.10. The first-order valence-electron chi connectivity index (χ1n) is 25.8. The Kier molecular flexibility index (Phi) is 9.20. The van der Waals surface area contributed by atoms with Gasteiger partial charge in [-0.3, -0.25) is 9.13 Å². The maximum absolute atomic E-state index is 5.56. The average molecular weight is 970 g/mol. The van der Waals surface area contributed by atoms with Gasteiger partial charge < -0.3 is 9.13 Å². The lowest BCUT2D eigenvalue weighted by Gasteiger charge is -2.13. The van der Waals surface area contributed by atoms with E-state index >= 15 is 0 Å². The van der Waals surface area contributed by atoms with Crippen molar-refractivity contribution in [1.29, 1.82) is 0 Å². The maximum Gasteiger partial charge on any atom is 0.240 e. The van der Waals surface area contributed by atoms with Crippen molar-refractivity contribution in [1.82, 2.24) is 33.2 Å². The number of benzene rings is 11. The van der Waals surface area contributed by atoms with Crippen molar-refractivity contribution in [2.24, 2.45) is 0 Å². The van der Waals surface area contributed by atoms with Crippen LogP contribution < -0.4 is 0 Å². The molecule has 0 fully saturated rings. The van der Waals surface area contributed by atoms with Gasteiger partial charge in [0, 0.05) is 60.0 Å². The molecule has 16 rings (SSSR count). The minimum absolute atomic E-state index is 0.538. The molecule has 7 nitrogen and oxygen atoms in total. The first kappa shape index (κ1) is 42.2. The third kappa shape index (κ3) is 6.26. The van der Waals surface area contributed by atoms with Crippen LogP contribution in [0.1, 0.15) is 0 Å². The molecule has 0 N–H and O–H groups in total. The van der Waals surface area contributed by atoms with Gasteiger partial charge in [-0.05, 0) is 107 Å². The molecule has 0 amide bonds. The number of nitrogens with zero attached hydrogens (tertiary/aromatic N) is 7. The second-order valence-electron chi connectivity index (χ2n) is 19.6. The average Bonchev–Trinajstić information content (AvgIpc) is 4.38. The zero-order chi connectivity index (χ0) is 49.8. The van der Waals surface area contributed by atoms with E-state index < -0.39 is 0 Å². The van der Waals surface area contributed by atoms with Crippen molar-refractivity contribution in [2.45, 2.75) is 0 Å². The molecule has 7 heteroatoms. The number of aromatic nitrogens is 7. The van der Waals surface area contributed by atoms with Gasteiger partial charge in [-0.1, -0.05) is 176 Å². The van der Waals surface area contributed by atoms with Gasteiger partial charge in [0.25, 0.3) is 0 Å². The van der Waals surface area contributed by atoms with E-state index in [-0.39, 0.29) is 0 Å². The molecule has 0 bridgehead atoms. The Balaban J connectivity index is 0.911. The summed E-state index contributed by atoms with van der Waals surface area (Å²) in [5.74, 6) is 1.66. The predicted octanol–water partition coefficient (Wildman–Crippen LogP) is 17.3. The highest BCUT2D eigenvalue weighted by Crippen LogP contribution is 2.44. The minimum Gasteiger partial charge on any atom is -0.309 e. The molecule has 5 aromatic heterocycles. The van der Waals surface area contributed by atoms with Gasteiger partial charge in [-0.2, -0.15) is 15.0 Å². The minimum atomic E-state index is 0.538. The normalized spacial score (nSPS) is 11.9. The summed E-state index contributed by atoms with van der Waals surface area (Å²) in [6, 6.07) is 93.3. The second-order valence-corrected chi connectivity index (χ2v) is 19.6. The Labute approximate surface area is 436 Å². The highest BCUT2D eigenvalue weighted by atomic mass is 15.3. The van der Waals surface area contributed by atoms with Crippen LogP contribution in [0.2, 0.25) is 0 Å². The number of hydrogen-bond acceptors (Lipinski definition) is 3. The molecule has 0 saturated heterocycles. The second kappa shape index (κ2) is 16.6. The summed E-state index contributed by atoms with van der Waals surface area (Å²) in [6.07, 6.45) is 0. The van der Waals surface area contributed by atoms with Crippen molar-refractivity contribution < 1.29 is 0 Å². The van der Waals surface area contributed by atoms with Crippen molar-refractivity contribution in [3.8, 4) is 56.9 Å². The van der Waals surface area contributed by atoms with Crippen LogP contribution >= 0.6 is 0 Å². The van der Waals surface area contributed by atoms with E-state index in [1.54, 1.807) is 0 Å². The van der Waals surface area contributed by atoms with Crippen LogP contribution in [-0.4, -0.2) is 33.2 Å². The molecule has 76 heavy (non-hydrogen) atoms. The molecule has 5 heterocycles. The summed E-state index contributed by atoms with van der Waals surface area (Å²) in [5.41, 5.74) is 16.5. The van der Waals surface area contributed by atoms with E-state index in [1.807, 2.05) is 18.2 Å². The van der Waals surface area contributed by atoms with E-state index in [0.717, 1.165) is 82.8 Å². The third-order valence-electron chi connectivity index (χ3n) is 15.4. The van der Waals surface area contributed by atoms with Gasteiger partial charge in [0.05, 0.1) is 44.1 Å². The first-order valence-corrected chi connectivity index (χ1v) is 25.8. The number of para-hydroxylation sites is 6. The fourth-order valence-electron chi connectivity index (χ4n) is 12.2. The fraction of sp³-hybridized carbons (Fsp3) is 0. The molecule has 16 aromatic rings. The number of hydrogen-bond donors (Lipinski definition) is 0. The van der Waals surface area contributed by atoms with Crippen LogP contribution in [-0.2, 0) is 0 Å². The molecule has 0 aliphatic rings. The van der Waals surface area contributed by atoms with Crippen molar-refractivity contribution in [3.63, 3.8) is 0 Å². The highest BCUT2D eigenvalue weighted by Gasteiger charge is 2.24. The van der Waals surface area contributed by atoms with E-state index in [2.05, 4.69) is 261 Å². The lowest BCUT2D eigenvalue weighted by molar-refractivity contribution is 0.893. The van der Waals surface area contributed by atoms with Crippen molar-refractivity contribution >= 4 is 87.2 Å². The summed E-state index contributed by atoms with van der Waals surface area (Å²) >= 11 is 0. The largest absolute Gasteiger partial charge is 0.309 e. The molecule has 0 radical (unpaired) electrons. The maximum atomic E-state index is 5.56. The highest BCUT2D eigenvalue weighted by molar-refractivity contribution is 6.19. The Morgan fingerprint density at radius 2 is 0.579 bits per heavy atom. The molecule has 0 saturated carbocycles. The molecule has 0 spiro atoms. The monoisotopic (exact) mass is 969 g/mol. The molecule has 11 aromatic carbocycles. The van der Waals surface area contributed by atoms with Crippen LogP contribution in [0.15, 0.2) is 261 Å². The first-order chi connectivity index (χ1) is 37.7. The molecule has 0 aliphatic heterocycles. The molecule has 354 valence electrons. The van der Waals surface area contributed by atoms with Gasteiger partial charge in [0.15, 0.2) is 5.82 Å². The van der Waals surface area contributed by atoms with E-state index in [0.29, 0.717) is 17.7 Å². The van der Waals surface area contributed by atoms with Gasteiger partial charge >= 0.3 is 0 Å². The van der Waals surface area contributed by atoms with Gasteiger partial charge in [0.1, 0.15) is 0 Å². The zero-order valence-corrected chi connectivity index (χ0v) is 41.0. The van der Waals surface area contributed by atoms with E-state index in [9.17, 15) is 0 Å². The van der Waals surface area contributed by atoms with Gasteiger partial charge in [0.2, 0.25) is 11.9 Å². The molecule has 0 atom stereocenters. The Bertz CT molecular complexity index is 4690. The number of rotatable bonds is 7. The summed E-state index contributed by atoms with van der Waals surface area (Å²) in [5, 5.41) is 9.36. The fourth-order valence-corrected chi connectivity index (χ4v) is 12.2. The topological polar surface area (TPSA) is 58.4 Å². The van der Waals surface area contributed by atoms with Crippen LogP contribution in [0.5, 0.6) is 0 Å². The molecular weight excluding hydrogens is 927 g/mol. The van der Waals surface area contributed by atoms with Gasteiger partial charge in [-0.15, -0.1) is 0 Å². The predicted molar refractivity (Wildman–Crippen MR) is 313 cm³/mol. The Morgan fingerprint density at radius 1 is 0.224 bits per heavy atom. The molecule has 0 aliphatic carbocycles. The van der Waals surface area contributed by atoms with E-state index in [1.165, 1.54) is 43.6 Å². The van der Waals surface area contributed by atoms with Gasteiger partial charge in [-0.25, -0.2) is 0 Å².